The molecule has 1 aromatic heterocycles. The van der Waals surface area contributed by atoms with Gasteiger partial charge in [-0.2, -0.15) is 0 Å². The van der Waals surface area contributed by atoms with Crippen LogP contribution in [-0.4, -0.2) is 31.2 Å². The number of rotatable bonds is 4. The molecule has 0 aliphatic carbocycles. The van der Waals surface area contributed by atoms with Gasteiger partial charge in [0.25, 0.3) is 0 Å². The van der Waals surface area contributed by atoms with E-state index in [4.69, 9.17) is 16.7 Å². The molecule has 0 bridgehead atoms. The minimum absolute atomic E-state index is 0.0530. The molecular weight excluding hydrogens is 300 g/mol. The Morgan fingerprint density at radius 3 is 2.80 bits per heavy atom. The predicted octanol–water partition coefficient (Wildman–Crippen LogP) is 1.86. The molecule has 0 spiro atoms. The summed E-state index contributed by atoms with van der Waals surface area (Å²) >= 11 is 5.98. The number of aliphatic hydroxyl groups excluding tert-OH is 1. The number of hydrogen-bond acceptors (Lipinski definition) is 4. The lowest BCUT2D eigenvalue weighted by molar-refractivity contribution is 0.265. The number of benzene rings is 1. The fraction of sp³-hybridized carbons (Fsp3) is 0.308. The Hall–Kier alpha value is -1.21. The van der Waals surface area contributed by atoms with E-state index in [-0.39, 0.29) is 16.7 Å². The largest absolute Gasteiger partial charge is 0.395 e. The van der Waals surface area contributed by atoms with Gasteiger partial charge < -0.3 is 5.11 Å². The number of fused-ring (bicyclic) bond motifs is 1. The number of para-hydroxylation sites is 1. The van der Waals surface area contributed by atoms with Gasteiger partial charge in [-0.3, -0.25) is 0 Å². The monoisotopic (exact) mass is 314 g/mol. The zero-order valence-electron chi connectivity index (χ0n) is 11.1. The van der Waals surface area contributed by atoms with Crippen molar-refractivity contribution >= 4 is 32.5 Å². The van der Waals surface area contributed by atoms with Crippen LogP contribution < -0.4 is 4.72 Å². The smallest absolute Gasteiger partial charge is 0.243 e. The Labute approximate surface area is 122 Å². The van der Waals surface area contributed by atoms with Crippen LogP contribution in [0.25, 0.3) is 10.9 Å². The van der Waals surface area contributed by atoms with Gasteiger partial charge in [0.05, 0.1) is 12.1 Å². The van der Waals surface area contributed by atoms with Gasteiger partial charge >= 0.3 is 0 Å². The molecule has 5 nitrogen and oxygen atoms in total. The van der Waals surface area contributed by atoms with Gasteiger partial charge in [-0.05, 0) is 31.5 Å². The third kappa shape index (κ3) is 2.93. The van der Waals surface area contributed by atoms with Crippen LogP contribution >= 0.6 is 11.6 Å². The van der Waals surface area contributed by atoms with Crippen LogP contribution in [0.2, 0.25) is 5.15 Å². The Morgan fingerprint density at radius 2 is 2.15 bits per heavy atom. The molecule has 0 aliphatic heterocycles. The maximum absolute atomic E-state index is 12.3. The van der Waals surface area contributed by atoms with E-state index in [0.29, 0.717) is 10.9 Å². The topological polar surface area (TPSA) is 79.3 Å². The van der Waals surface area contributed by atoms with Crippen molar-refractivity contribution in [1.82, 2.24) is 9.71 Å². The Balaban J connectivity index is 2.63. The molecule has 0 radical (unpaired) electrons. The summed E-state index contributed by atoms with van der Waals surface area (Å²) in [4.78, 5) is 4.21. The lowest BCUT2D eigenvalue weighted by Gasteiger charge is -2.13. The van der Waals surface area contributed by atoms with Crippen LogP contribution in [0, 0.1) is 6.92 Å². The molecule has 0 saturated heterocycles. The number of sulfonamides is 1. The van der Waals surface area contributed by atoms with E-state index in [0.717, 1.165) is 5.56 Å². The van der Waals surface area contributed by atoms with Gasteiger partial charge in [0.15, 0.2) is 0 Å². The number of aromatic nitrogens is 1. The van der Waals surface area contributed by atoms with E-state index in [1.807, 2.05) is 6.92 Å². The molecule has 0 aliphatic rings. The highest BCUT2D eigenvalue weighted by molar-refractivity contribution is 7.89. The summed E-state index contributed by atoms with van der Waals surface area (Å²) in [7, 11) is -3.76. The van der Waals surface area contributed by atoms with Crippen LogP contribution in [0.4, 0.5) is 0 Å². The first kappa shape index (κ1) is 15.2. The number of halogens is 1. The van der Waals surface area contributed by atoms with Crippen molar-refractivity contribution < 1.29 is 13.5 Å². The van der Waals surface area contributed by atoms with Crippen LogP contribution in [-0.2, 0) is 10.0 Å². The number of aryl methyl sites for hydroxylation is 1. The van der Waals surface area contributed by atoms with Crippen LogP contribution in [0.1, 0.15) is 12.5 Å². The minimum atomic E-state index is -3.76. The normalized spacial score (nSPS) is 13.6. The fourth-order valence-corrected chi connectivity index (χ4v) is 3.38. The average molecular weight is 315 g/mol. The Morgan fingerprint density at radius 1 is 1.45 bits per heavy atom. The summed E-state index contributed by atoms with van der Waals surface area (Å²) in [5, 5.41) is 9.95. The molecule has 7 heteroatoms. The molecule has 0 fully saturated rings. The summed E-state index contributed by atoms with van der Waals surface area (Å²) < 4.78 is 27.0. The van der Waals surface area contributed by atoms with Gasteiger partial charge in [-0.25, -0.2) is 18.1 Å². The standard InChI is InChI=1S/C13H15ClN2O3S/c1-8-6-10-4-3-5-11(12(10)15-13(8)14)20(18,19)16-9(2)7-17/h3-6,9,16-17H,7H2,1-2H3/t9-/m0/s1. The van der Waals surface area contributed by atoms with E-state index >= 15 is 0 Å². The molecule has 108 valence electrons. The molecule has 2 N–H and O–H groups in total. The maximum Gasteiger partial charge on any atom is 0.243 e. The van der Waals surface area contributed by atoms with Crippen LogP contribution in [0.15, 0.2) is 29.2 Å². The van der Waals surface area contributed by atoms with Crippen molar-refractivity contribution in [3.05, 3.63) is 35.0 Å². The van der Waals surface area contributed by atoms with Crippen LogP contribution in [0.5, 0.6) is 0 Å². The molecular formula is C13H15ClN2O3S. The molecule has 0 amide bonds. The second-order valence-electron chi connectivity index (χ2n) is 4.63. The molecule has 1 aromatic carbocycles. The van der Waals surface area contributed by atoms with E-state index in [1.54, 1.807) is 25.1 Å². The highest BCUT2D eigenvalue weighted by Crippen LogP contribution is 2.25. The first-order valence-corrected chi connectivity index (χ1v) is 7.90. The number of nitrogens with zero attached hydrogens (tertiary/aromatic N) is 1. The van der Waals surface area contributed by atoms with Crippen molar-refractivity contribution in [2.45, 2.75) is 24.8 Å². The highest BCUT2D eigenvalue weighted by Gasteiger charge is 2.20. The number of nitrogens with one attached hydrogen (secondary N) is 1. The van der Waals surface area contributed by atoms with Gasteiger partial charge in [0.1, 0.15) is 10.0 Å². The summed E-state index contributed by atoms with van der Waals surface area (Å²) in [5.41, 5.74) is 1.10. The Kier molecular flexibility index (Phi) is 4.29. The fourth-order valence-electron chi connectivity index (χ4n) is 1.84. The molecule has 2 rings (SSSR count). The van der Waals surface area contributed by atoms with E-state index in [1.165, 1.54) is 6.07 Å². The lowest BCUT2D eigenvalue weighted by Crippen LogP contribution is -2.35. The average Bonchev–Trinajstić information content (AvgIpc) is 2.38. The molecule has 0 saturated carbocycles. The first-order chi connectivity index (χ1) is 9.35. The second-order valence-corrected chi connectivity index (χ2v) is 6.67. The summed E-state index contributed by atoms with van der Waals surface area (Å²) in [6, 6.07) is 6.11. The quantitative estimate of drug-likeness (QED) is 0.844. The van der Waals surface area contributed by atoms with Crippen molar-refractivity contribution in [1.29, 1.82) is 0 Å². The first-order valence-electron chi connectivity index (χ1n) is 6.04. The SMILES string of the molecule is Cc1cc2cccc(S(=O)(=O)N[C@@H](C)CO)c2nc1Cl. The van der Waals surface area contributed by atoms with Crippen LogP contribution in [0.3, 0.4) is 0 Å². The third-order valence-corrected chi connectivity index (χ3v) is 4.86. The summed E-state index contributed by atoms with van der Waals surface area (Å²) in [5.74, 6) is 0. The van der Waals surface area contributed by atoms with Gasteiger partial charge in [-0.1, -0.05) is 23.7 Å². The van der Waals surface area contributed by atoms with Crippen molar-refractivity contribution in [3.8, 4) is 0 Å². The second kappa shape index (κ2) is 5.65. The molecule has 2 aromatic rings. The zero-order valence-corrected chi connectivity index (χ0v) is 12.7. The van der Waals surface area contributed by atoms with Crippen molar-refractivity contribution in [3.63, 3.8) is 0 Å². The number of hydrogen-bond donors (Lipinski definition) is 2. The third-order valence-electron chi connectivity index (χ3n) is 2.86. The molecule has 20 heavy (non-hydrogen) atoms. The predicted molar refractivity (Wildman–Crippen MR) is 78.4 cm³/mol. The highest BCUT2D eigenvalue weighted by atomic mass is 35.5. The van der Waals surface area contributed by atoms with Gasteiger partial charge in [0.2, 0.25) is 10.0 Å². The van der Waals surface area contributed by atoms with Crippen molar-refractivity contribution in [2.75, 3.05) is 6.61 Å². The molecule has 1 heterocycles. The lowest BCUT2D eigenvalue weighted by atomic mass is 10.2. The maximum atomic E-state index is 12.3. The van der Waals surface area contributed by atoms with E-state index in [2.05, 4.69) is 9.71 Å². The zero-order chi connectivity index (χ0) is 14.9. The van der Waals surface area contributed by atoms with E-state index < -0.39 is 16.1 Å². The van der Waals surface area contributed by atoms with Gasteiger partial charge in [-0.15, -0.1) is 0 Å². The minimum Gasteiger partial charge on any atom is -0.395 e. The number of pyridine rings is 1. The Bertz CT molecular complexity index is 747. The number of aliphatic hydroxyl groups is 1. The van der Waals surface area contributed by atoms with E-state index in [9.17, 15) is 8.42 Å². The molecule has 0 unspecified atom stereocenters. The van der Waals surface area contributed by atoms with Crippen molar-refractivity contribution in [2.24, 2.45) is 0 Å². The van der Waals surface area contributed by atoms with Gasteiger partial charge in [0, 0.05) is 11.4 Å². The molecule has 1 atom stereocenters. The summed E-state index contributed by atoms with van der Waals surface area (Å²) in [6.07, 6.45) is 0. The summed E-state index contributed by atoms with van der Waals surface area (Å²) in [6.45, 7) is 3.10.